The van der Waals surface area contributed by atoms with Crippen molar-refractivity contribution in [2.24, 2.45) is 0 Å². The van der Waals surface area contributed by atoms with E-state index in [4.69, 9.17) is 10.5 Å². The largest absolute Gasteiger partial charge is 0.462 e. The molecule has 0 aliphatic carbocycles. The highest BCUT2D eigenvalue weighted by Crippen LogP contribution is 2.42. The highest BCUT2D eigenvalue weighted by atomic mass is 32.2. The highest BCUT2D eigenvalue weighted by molar-refractivity contribution is 7.91. The Hall–Kier alpha value is -1.28. The van der Waals surface area contributed by atoms with E-state index in [1.807, 2.05) is 4.90 Å². The van der Waals surface area contributed by atoms with Gasteiger partial charge in [-0.05, 0) is 26.2 Å². The molecule has 2 heterocycles. The summed E-state index contributed by atoms with van der Waals surface area (Å²) in [5.41, 5.74) is 5.95. The molecule has 0 aromatic carbocycles. The zero-order valence-electron chi connectivity index (χ0n) is 12.2. The van der Waals surface area contributed by atoms with Crippen molar-refractivity contribution >= 4 is 37.8 Å². The number of piperidine rings is 1. The standard InChI is InChI=1S/C13H20N2O4S2/c1-3-19-13(16)10-9(14)11(21(2,17)18)12(20-10)15-7-5-4-6-8-15/h3-8,14H2,1-2H3. The van der Waals surface area contributed by atoms with E-state index >= 15 is 0 Å². The predicted molar refractivity (Wildman–Crippen MR) is 83.9 cm³/mol. The fourth-order valence-corrected chi connectivity index (χ4v) is 5.08. The van der Waals surface area contributed by atoms with Gasteiger partial charge >= 0.3 is 5.97 Å². The summed E-state index contributed by atoms with van der Waals surface area (Å²) in [6, 6.07) is 0. The molecular weight excluding hydrogens is 312 g/mol. The third kappa shape index (κ3) is 3.32. The second-order valence-corrected chi connectivity index (χ2v) is 7.97. The van der Waals surface area contributed by atoms with Crippen LogP contribution in [0.4, 0.5) is 10.7 Å². The lowest BCUT2D eigenvalue weighted by Gasteiger charge is -2.28. The molecule has 0 spiro atoms. The van der Waals surface area contributed by atoms with Crippen LogP contribution in [0.3, 0.4) is 0 Å². The second kappa shape index (κ2) is 6.23. The highest BCUT2D eigenvalue weighted by Gasteiger charge is 2.30. The van der Waals surface area contributed by atoms with Gasteiger partial charge in [0, 0.05) is 19.3 Å². The molecule has 1 aliphatic heterocycles. The molecule has 1 fully saturated rings. The Morgan fingerprint density at radius 3 is 2.48 bits per heavy atom. The van der Waals surface area contributed by atoms with E-state index < -0.39 is 15.8 Å². The van der Waals surface area contributed by atoms with Crippen LogP contribution in [0.2, 0.25) is 0 Å². The Bertz CT molecular complexity index is 631. The molecule has 1 saturated heterocycles. The van der Waals surface area contributed by atoms with Crippen LogP contribution in [-0.2, 0) is 14.6 Å². The van der Waals surface area contributed by atoms with E-state index in [1.54, 1.807) is 6.92 Å². The van der Waals surface area contributed by atoms with Gasteiger partial charge < -0.3 is 15.4 Å². The molecule has 0 unspecified atom stereocenters. The monoisotopic (exact) mass is 332 g/mol. The van der Waals surface area contributed by atoms with Gasteiger partial charge in [0.1, 0.15) is 14.8 Å². The SMILES string of the molecule is CCOC(=O)c1sc(N2CCCCC2)c(S(C)(=O)=O)c1N. The van der Waals surface area contributed by atoms with Crippen molar-refractivity contribution in [1.82, 2.24) is 0 Å². The number of nitrogens with two attached hydrogens (primary N) is 1. The second-order valence-electron chi connectivity index (χ2n) is 5.02. The van der Waals surface area contributed by atoms with Gasteiger partial charge in [-0.3, -0.25) is 0 Å². The van der Waals surface area contributed by atoms with E-state index in [9.17, 15) is 13.2 Å². The number of carbonyl (C=O) groups is 1. The number of hydrogen-bond acceptors (Lipinski definition) is 7. The fourth-order valence-electron chi connectivity index (χ4n) is 2.43. The Balaban J connectivity index is 2.52. The van der Waals surface area contributed by atoms with Crippen molar-refractivity contribution in [3.8, 4) is 0 Å². The van der Waals surface area contributed by atoms with Gasteiger partial charge in [-0.1, -0.05) is 0 Å². The van der Waals surface area contributed by atoms with Crippen LogP contribution in [0.5, 0.6) is 0 Å². The molecule has 118 valence electrons. The van der Waals surface area contributed by atoms with Crippen LogP contribution in [0.15, 0.2) is 4.90 Å². The van der Waals surface area contributed by atoms with Gasteiger partial charge in [0.2, 0.25) is 0 Å². The maximum Gasteiger partial charge on any atom is 0.350 e. The summed E-state index contributed by atoms with van der Waals surface area (Å²) in [4.78, 5) is 14.2. The average molecular weight is 332 g/mol. The average Bonchev–Trinajstić information content (AvgIpc) is 2.77. The zero-order valence-corrected chi connectivity index (χ0v) is 13.8. The number of carbonyl (C=O) groups excluding carboxylic acids is 1. The van der Waals surface area contributed by atoms with E-state index in [-0.39, 0.29) is 22.1 Å². The van der Waals surface area contributed by atoms with Gasteiger partial charge in [0.25, 0.3) is 0 Å². The molecule has 0 atom stereocenters. The van der Waals surface area contributed by atoms with Crippen LogP contribution in [0.25, 0.3) is 0 Å². The molecule has 2 rings (SSSR count). The summed E-state index contributed by atoms with van der Waals surface area (Å²) in [6.45, 7) is 3.49. The molecule has 1 aromatic heterocycles. The van der Waals surface area contributed by atoms with Crippen LogP contribution in [-0.4, -0.2) is 40.3 Å². The molecule has 1 aliphatic rings. The van der Waals surface area contributed by atoms with Gasteiger partial charge in [0.05, 0.1) is 12.3 Å². The van der Waals surface area contributed by atoms with Crippen molar-refractivity contribution in [3.05, 3.63) is 4.88 Å². The minimum atomic E-state index is -3.51. The van der Waals surface area contributed by atoms with Crippen molar-refractivity contribution in [1.29, 1.82) is 0 Å². The Morgan fingerprint density at radius 1 is 1.33 bits per heavy atom. The minimum absolute atomic E-state index is 0.0153. The molecule has 0 amide bonds. The Labute approximate surface area is 128 Å². The quantitative estimate of drug-likeness (QED) is 0.847. The zero-order chi connectivity index (χ0) is 15.6. The summed E-state index contributed by atoms with van der Waals surface area (Å²) in [6.07, 6.45) is 4.27. The minimum Gasteiger partial charge on any atom is -0.462 e. The van der Waals surface area contributed by atoms with Crippen LogP contribution in [0.1, 0.15) is 35.9 Å². The molecule has 0 bridgehead atoms. The van der Waals surface area contributed by atoms with Crippen molar-refractivity contribution in [3.63, 3.8) is 0 Å². The summed E-state index contributed by atoms with van der Waals surface area (Å²) < 4.78 is 29.1. The number of esters is 1. The summed E-state index contributed by atoms with van der Waals surface area (Å²) in [5.74, 6) is -0.562. The number of nitrogens with zero attached hydrogens (tertiary/aromatic N) is 1. The summed E-state index contributed by atoms with van der Waals surface area (Å²) in [5, 5.41) is 0.567. The number of thiophene rings is 1. The fraction of sp³-hybridized carbons (Fsp3) is 0.615. The van der Waals surface area contributed by atoms with Gasteiger partial charge in [-0.15, -0.1) is 11.3 Å². The topological polar surface area (TPSA) is 89.7 Å². The summed E-state index contributed by atoms with van der Waals surface area (Å²) >= 11 is 1.11. The number of sulfone groups is 1. The molecule has 0 radical (unpaired) electrons. The van der Waals surface area contributed by atoms with E-state index in [0.717, 1.165) is 49.9 Å². The van der Waals surface area contributed by atoms with Gasteiger partial charge in [-0.25, -0.2) is 13.2 Å². The molecule has 0 saturated carbocycles. The normalized spacial score (nSPS) is 16.0. The number of anilines is 2. The molecule has 2 N–H and O–H groups in total. The smallest absolute Gasteiger partial charge is 0.350 e. The lowest BCUT2D eigenvalue weighted by Crippen LogP contribution is -2.29. The molecule has 6 nitrogen and oxygen atoms in total. The van der Waals surface area contributed by atoms with E-state index in [0.29, 0.717) is 5.00 Å². The number of hydrogen-bond donors (Lipinski definition) is 1. The van der Waals surface area contributed by atoms with Gasteiger partial charge in [0.15, 0.2) is 9.84 Å². The molecule has 8 heteroatoms. The van der Waals surface area contributed by atoms with Crippen LogP contribution >= 0.6 is 11.3 Å². The van der Waals surface area contributed by atoms with Gasteiger partial charge in [-0.2, -0.15) is 0 Å². The predicted octanol–water partition coefficient (Wildman–Crippen LogP) is 1.90. The van der Waals surface area contributed by atoms with Crippen molar-refractivity contribution in [2.75, 3.05) is 36.6 Å². The van der Waals surface area contributed by atoms with E-state index in [1.165, 1.54) is 0 Å². The third-order valence-electron chi connectivity index (χ3n) is 3.36. The van der Waals surface area contributed by atoms with Crippen molar-refractivity contribution in [2.45, 2.75) is 31.1 Å². The lowest BCUT2D eigenvalue weighted by molar-refractivity contribution is 0.0533. The number of nitrogen functional groups attached to an aromatic ring is 1. The van der Waals surface area contributed by atoms with Crippen LogP contribution in [0, 0.1) is 0 Å². The summed E-state index contributed by atoms with van der Waals surface area (Å²) in [7, 11) is -3.51. The number of ether oxygens (including phenoxy) is 1. The Kier molecular flexibility index (Phi) is 4.77. The lowest BCUT2D eigenvalue weighted by atomic mass is 10.1. The molecule has 21 heavy (non-hydrogen) atoms. The first kappa shape index (κ1) is 16.1. The first-order valence-electron chi connectivity index (χ1n) is 6.90. The van der Waals surface area contributed by atoms with E-state index in [2.05, 4.69) is 0 Å². The first-order valence-corrected chi connectivity index (χ1v) is 9.61. The molecule has 1 aromatic rings. The number of rotatable bonds is 4. The third-order valence-corrected chi connectivity index (χ3v) is 5.89. The molecular formula is C13H20N2O4S2. The maximum absolute atomic E-state index is 12.1. The first-order chi connectivity index (χ1) is 9.86. The van der Waals surface area contributed by atoms with Crippen molar-refractivity contribution < 1.29 is 17.9 Å². The van der Waals surface area contributed by atoms with Crippen LogP contribution < -0.4 is 10.6 Å². The Morgan fingerprint density at radius 2 is 1.95 bits per heavy atom. The maximum atomic E-state index is 12.1.